The van der Waals surface area contributed by atoms with Gasteiger partial charge in [0.15, 0.2) is 11.5 Å². The average molecular weight is 405 g/mol. The standard InChI is InChI=1S/C25H28N2O3/c1-3-4-16-30-23-15-14-19(17-24(23)29-2)18-26-25(28)21-12-8-9-13-22(21)27-20-10-6-5-7-11-20/h5-15,17,27H,3-4,16,18H2,1-2H3,(H,26,28). The predicted octanol–water partition coefficient (Wildman–Crippen LogP) is 5.55. The molecule has 0 heterocycles. The number of para-hydroxylation sites is 2. The summed E-state index contributed by atoms with van der Waals surface area (Å²) in [6.07, 6.45) is 2.07. The summed E-state index contributed by atoms with van der Waals surface area (Å²) >= 11 is 0. The number of hydrogen-bond donors (Lipinski definition) is 2. The molecule has 0 radical (unpaired) electrons. The molecule has 0 fully saturated rings. The lowest BCUT2D eigenvalue weighted by atomic mass is 10.1. The summed E-state index contributed by atoms with van der Waals surface area (Å²) in [6, 6.07) is 23.0. The highest BCUT2D eigenvalue weighted by Crippen LogP contribution is 2.28. The fourth-order valence-corrected chi connectivity index (χ4v) is 3.01. The van der Waals surface area contributed by atoms with Gasteiger partial charge in [-0.15, -0.1) is 0 Å². The molecule has 156 valence electrons. The number of amides is 1. The van der Waals surface area contributed by atoms with Gasteiger partial charge in [-0.2, -0.15) is 0 Å². The van der Waals surface area contributed by atoms with Gasteiger partial charge in [-0.05, 0) is 48.4 Å². The van der Waals surface area contributed by atoms with Crippen molar-refractivity contribution in [1.29, 1.82) is 0 Å². The van der Waals surface area contributed by atoms with Crippen LogP contribution in [0.1, 0.15) is 35.7 Å². The summed E-state index contributed by atoms with van der Waals surface area (Å²) in [5.74, 6) is 1.25. The minimum atomic E-state index is -0.142. The number of unbranched alkanes of at least 4 members (excludes halogenated alkanes) is 1. The molecule has 2 N–H and O–H groups in total. The van der Waals surface area contributed by atoms with Crippen LogP contribution in [0.25, 0.3) is 0 Å². The van der Waals surface area contributed by atoms with E-state index in [0.717, 1.165) is 35.5 Å². The molecule has 0 atom stereocenters. The quantitative estimate of drug-likeness (QED) is 0.435. The number of rotatable bonds is 10. The maximum atomic E-state index is 12.8. The molecule has 0 aliphatic heterocycles. The molecule has 3 aromatic carbocycles. The van der Waals surface area contributed by atoms with E-state index in [1.54, 1.807) is 7.11 Å². The zero-order valence-electron chi connectivity index (χ0n) is 17.5. The number of anilines is 2. The van der Waals surface area contributed by atoms with E-state index in [4.69, 9.17) is 9.47 Å². The lowest BCUT2D eigenvalue weighted by Crippen LogP contribution is -2.23. The van der Waals surface area contributed by atoms with Crippen LogP contribution in [-0.2, 0) is 6.54 Å². The Morgan fingerprint density at radius 1 is 0.933 bits per heavy atom. The number of hydrogen-bond acceptors (Lipinski definition) is 4. The third kappa shape index (κ3) is 5.77. The van der Waals surface area contributed by atoms with Crippen molar-refractivity contribution in [3.8, 4) is 11.5 Å². The van der Waals surface area contributed by atoms with Crippen molar-refractivity contribution in [1.82, 2.24) is 5.32 Å². The van der Waals surface area contributed by atoms with Crippen LogP contribution in [0.2, 0.25) is 0 Å². The van der Waals surface area contributed by atoms with E-state index in [0.29, 0.717) is 24.5 Å². The first-order valence-corrected chi connectivity index (χ1v) is 10.2. The molecule has 3 aromatic rings. The Hall–Kier alpha value is -3.47. The highest BCUT2D eigenvalue weighted by molar-refractivity contribution is 6.00. The molecule has 0 aliphatic rings. The van der Waals surface area contributed by atoms with Gasteiger partial charge >= 0.3 is 0 Å². The van der Waals surface area contributed by atoms with E-state index in [1.807, 2.05) is 72.8 Å². The van der Waals surface area contributed by atoms with E-state index < -0.39 is 0 Å². The molecule has 0 bridgehead atoms. The van der Waals surface area contributed by atoms with Crippen LogP contribution in [-0.4, -0.2) is 19.6 Å². The zero-order chi connectivity index (χ0) is 21.2. The van der Waals surface area contributed by atoms with Gasteiger partial charge in [-0.25, -0.2) is 0 Å². The molecule has 1 amide bonds. The Bertz CT molecular complexity index is 958. The molecule has 3 rings (SSSR count). The lowest BCUT2D eigenvalue weighted by molar-refractivity contribution is 0.0951. The van der Waals surface area contributed by atoms with E-state index in [2.05, 4.69) is 17.6 Å². The molecular formula is C25H28N2O3. The normalized spacial score (nSPS) is 10.3. The first-order valence-electron chi connectivity index (χ1n) is 10.2. The fraction of sp³-hybridized carbons (Fsp3) is 0.240. The Balaban J connectivity index is 1.66. The van der Waals surface area contributed by atoms with Gasteiger partial charge in [0.2, 0.25) is 0 Å². The number of benzene rings is 3. The van der Waals surface area contributed by atoms with Crippen molar-refractivity contribution in [2.24, 2.45) is 0 Å². The van der Waals surface area contributed by atoms with E-state index in [-0.39, 0.29) is 5.91 Å². The van der Waals surface area contributed by atoms with Gasteiger partial charge in [0.1, 0.15) is 0 Å². The second-order valence-electron chi connectivity index (χ2n) is 6.91. The summed E-state index contributed by atoms with van der Waals surface area (Å²) in [5.41, 5.74) is 3.23. The van der Waals surface area contributed by atoms with Crippen LogP contribution >= 0.6 is 0 Å². The molecule has 0 saturated carbocycles. The summed E-state index contributed by atoms with van der Waals surface area (Å²) < 4.78 is 11.2. The summed E-state index contributed by atoms with van der Waals surface area (Å²) in [5, 5.41) is 6.29. The van der Waals surface area contributed by atoms with E-state index >= 15 is 0 Å². The van der Waals surface area contributed by atoms with Crippen LogP contribution in [0.4, 0.5) is 11.4 Å². The van der Waals surface area contributed by atoms with Crippen LogP contribution < -0.4 is 20.1 Å². The van der Waals surface area contributed by atoms with Crippen molar-refractivity contribution >= 4 is 17.3 Å². The Morgan fingerprint density at radius 3 is 2.47 bits per heavy atom. The number of nitrogens with one attached hydrogen (secondary N) is 2. The third-order valence-electron chi connectivity index (χ3n) is 4.66. The number of carbonyl (C=O) groups is 1. The predicted molar refractivity (Wildman–Crippen MR) is 121 cm³/mol. The molecule has 0 spiro atoms. The number of methoxy groups -OCH3 is 1. The van der Waals surface area contributed by atoms with Crippen LogP contribution in [0.5, 0.6) is 11.5 Å². The van der Waals surface area contributed by atoms with Crippen LogP contribution in [0, 0.1) is 0 Å². The Morgan fingerprint density at radius 2 is 1.70 bits per heavy atom. The minimum absolute atomic E-state index is 0.142. The molecule has 30 heavy (non-hydrogen) atoms. The lowest BCUT2D eigenvalue weighted by Gasteiger charge is -2.14. The minimum Gasteiger partial charge on any atom is -0.493 e. The maximum Gasteiger partial charge on any atom is 0.253 e. The zero-order valence-corrected chi connectivity index (χ0v) is 17.5. The average Bonchev–Trinajstić information content (AvgIpc) is 2.79. The fourth-order valence-electron chi connectivity index (χ4n) is 3.01. The Kier molecular flexibility index (Phi) is 7.72. The molecular weight excluding hydrogens is 376 g/mol. The summed E-state index contributed by atoms with van der Waals surface area (Å²) in [4.78, 5) is 12.8. The van der Waals surface area contributed by atoms with Crippen molar-refractivity contribution < 1.29 is 14.3 Å². The summed E-state index contributed by atoms with van der Waals surface area (Å²) in [6.45, 7) is 3.18. The molecule has 0 aliphatic carbocycles. The smallest absolute Gasteiger partial charge is 0.253 e. The van der Waals surface area contributed by atoms with Gasteiger partial charge < -0.3 is 20.1 Å². The number of carbonyl (C=O) groups excluding carboxylic acids is 1. The van der Waals surface area contributed by atoms with Crippen molar-refractivity contribution in [3.05, 3.63) is 83.9 Å². The van der Waals surface area contributed by atoms with Gasteiger partial charge in [0.25, 0.3) is 5.91 Å². The highest BCUT2D eigenvalue weighted by Gasteiger charge is 2.12. The van der Waals surface area contributed by atoms with Crippen molar-refractivity contribution in [3.63, 3.8) is 0 Å². The first kappa shape index (κ1) is 21.2. The topological polar surface area (TPSA) is 59.6 Å². The van der Waals surface area contributed by atoms with Gasteiger partial charge in [-0.3, -0.25) is 4.79 Å². The van der Waals surface area contributed by atoms with Gasteiger partial charge in [-0.1, -0.05) is 49.7 Å². The van der Waals surface area contributed by atoms with Crippen molar-refractivity contribution in [2.75, 3.05) is 19.0 Å². The maximum absolute atomic E-state index is 12.8. The van der Waals surface area contributed by atoms with Gasteiger partial charge in [0.05, 0.1) is 25.0 Å². The van der Waals surface area contributed by atoms with E-state index in [9.17, 15) is 4.79 Å². The molecule has 0 unspecified atom stereocenters. The number of ether oxygens (including phenoxy) is 2. The molecule has 5 nitrogen and oxygen atoms in total. The SMILES string of the molecule is CCCCOc1ccc(CNC(=O)c2ccccc2Nc2ccccc2)cc1OC. The van der Waals surface area contributed by atoms with Crippen molar-refractivity contribution in [2.45, 2.75) is 26.3 Å². The molecule has 0 saturated heterocycles. The molecule has 0 aromatic heterocycles. The Labute approximate surface area is 178 Å². The van der Waals surface area contributed by atoms with Gasteiger partial charge in [0, 0.05) is 12.2 Å². The van der Waals surface area contributed by atoms with Crippen LogP contribution in [0.15, 0.2) is 72.8 Å². The monoisotopic (exact) mass is 404 g/mol. The third-order valence-corrected chi connectivity index (χ3v) is 4.66. The summed E-state index contributed by atoms with van der Waals surface area (Å²) in [7, 11) is 1.62. The molecule has 5 heteroatoms. The van der Waals surface area contributed by atoms with Crippen LogP contribution in [0.3, 0.4) is 0 Å². The first-order chi connectivity index (χ1) is 14.7. The van der Waals surface area contributed by atoms with E-state index in [1.165, 1.54) is 0 Å². The largest absolute Gasteiger partial charge is 0.493 e. The second kappa shape index (κ2) is 10.9. The highest BCUT2D eigenvalue weighted by atomic mass is 16.5. The second-order valence-corrected chi connectivity index (χ2v) is 6.91.